The molecule has 6 heteroatoms. The molecule has 0 bridgehead atoms. The van der Waals surface area contributed by atoms with Crippen LogP contribution in [0.15, 0.2) is 45.7 Å². The number of nitrogens with one attached hydrogen (secondary N) is 1. The van der Waals surface area contributed by atoms with Crippen molar-refractivity contribution < 1.29 is 4.42 Å². The van der Waals surface area contributed by atoms with Gasteiger partial charge in [0.25, 0.3) is 0 Å². The largest absolute Gasteiger partial charge is 0.419 e. The number of nitrogens with zero attached hydrogens (tertiary/aromatic N) is 3. The van der Waals surface area contributed by atoms with Crippen molar-refractivity contribution in [1.82, 2.24) is 9.55 Å². The predicted molar refractivity (Wildman–Crippen MR) is 92.0 cm³/mol. The Labute approximate surface area is 134 Å². The maximum Gasteiger partial charge on any atom is 0.419 e. The van der Waals surface area contributed by atoms with Crippen LogP contribution in [-0.2, 0) is 13.6 Å². The molecule has 0 saturated heterocycles. The van der Waals surface area contributed by atoms with Crippen LogP contribution < -0.4 is 16.0 Å². The van der Waals surface area contributed by atoms with Crippen molar-refractivity contribution in [3.63, 3.8) is 0 Å². The zero-order chi connectivity index (χ0) is 16.4. The van der Waals surface area contributed by atoms with Crippen LogP contribution in [0.5, 0.6) is 0 Å². The highest BCUT2D eigenvalue weighted by Crippen LogP contribution is 2.18. The number of pyridine rings is 1. The van der Waals surface area contributed by atoms with Gasteiger partial charge in [-0.05, 0) is 30.7 Å². The van der Waals surface area contributed by atoms with E-state index in [0.29, 0.717) is 12.1 Å². The molecule has 0 saturated carbocycles. The maximum atomic E-state index is 11.5. The van der Waals surface area contributed by atoms with Crippen molar-refractivity contribution >= 4 is 22.6 Å². The van der Waals surface area contributed by atoms with E-state index in [2.05, 4.69) is 28.2 Å². The first kappa shape index (κ1) is 15.1. The van der Waals surface area contributed by atoms with Crippen molar-refractivity contribution in [2.45, 2.75) is 13.5 Å². The van der Waals surface area contributed by atoms with Crippen molar-refractivity contribution in [3.8, 4) is 0 Å². The molecule has 3 aromatic rings. The molecule has 0 atom stereocenters. The van der Waals surface area contributed by atoms with Crippen LogP contribution in [-0.4, -0.2) is 23.1 Å². The van der Waals surface area contributed by atoms with E-state index in [4.69, 9.17) is 4.42 Å². The lowest BCUT2D eigenvalue weighted by Gasteiger charge is -2.15. The topological polar surface area (TPSA) is 63.3 Å². The average molecular weight is 312 g/mol. The summed E-state index contributed by atoms with van der Waals surface area (Å²) in [4.78, 5) is 18.0. The van der Waals surface area contributed by atoms with Crippen molar-refractivity contribution in [1.29, 1.82) is 0 Å². The Kier molecular flexibility index (Phi) is 4.06. The molecule has 0 aliphatic heterocycles. The lowest BCUT2D eigenvalue weighted by atomic mass is 10.2. The first-order chi connectivity index (χ1) is 11.1. The molecule has 6 nitrogen and oxygen atoms in total. The number of aryl methyl sites for hydroxylation is 1. The summed E-state index contributed by atoms with van der Waals surface area (Å²) in [5, 5.41) is 3.32. The van der Waals surface area contributed by atoms with Gasteiger partial charge in [0.1, 0.15) is 5.82 Å². The molecule has 2 aromatic heterocycles. The van der Waals surface area contributed by atoms with Crippen LogP contribution in [0.4, 0.5) is 11.5 Å². The fourth-order valence-corrected chi connectivity index (χ4v) is 2.36. The number of rotatable bonds is 5. The summed E-state index contributed by atoms with van der Waals surface area (Å²) >= 11 is 0. The van der Waals surface area contributed by atoms with E-state index < -0.39 is 0 Å². The molecular formula is C17H20N4O2. The van der Waals surface area contributed by atoms with Gasteiger partial charge in [-0.2, -0.15) is 0 Å². The van der Waals surface area contributed by atoms with Crippen molar-refractivity contribution in [3.05, 3.63) is 52.6 Å². The fraction of sp³-hybridized carbons (Fsp3) is 0.294. The van der Waals surface area contributed by atoms with Crippen molar-refractivity contribution in [2.24, 2.45) is 7.05 Å². The van der Waals surface area contributed by atoms with Crippen LogP contribution in [0.1, 0.15) is 12.5 Å². The third-order valence-corrected chi connectivity index (χ3v) is 3.96. The fourth-order valence-electron chi connectivity index (χ4n) is 2.36. The number of anilines is 2. The summed E-state index contributed by atoms with van der Waals surface area (Å²) in [6, 6.07) is 9.72. The van der Waals surface area contributed by atoms with Gasteiger partial charge in [0.2, 0.25) is 0 Å². The van der Waals surface area contributed by atoms with Crippen LogP contribution in [0.25, 0.3) is 11.1 Å². The van der Waals surface area contributed by atoms with Gasteiger partial charge in [-0.3, -0.25) is 4.57 Å². The van der Waals surface area contributed by atoms with E-state index in [-0.39, 0.29) is 5.76 Å². The molecular weight excluding hydrogens is 292 g/mol. The second-order valence-corrected chi connectivity index (χ2v) is 5.50. The standard InChI is InChI=1S/C17H20N4O2/c1-4-20(2)16-8-5-12(11-19-16)10-18-13-6-7-14-15(9-13)23-17(22)21(14)3/h5-9,11,18H,4,10H2,1-3H3. The van der Waals surface area contributed by atoms with Crippen LogP contribution >= 0.6 is 0 Å². The minimum atomic E-state index is -0.350. The van der Waals surface area contributed by atoms with Crippen LogP contribution in [0.2, 0.25) is 0 Å². The van der Waals surface area contributed by atoms with Gasteiger partial charge in [-0.25, -0.2) is 9.78 Å². The van der Waals surface area contributed by atoms with Gasteiger partial charge in [-0.1, -0.05) is 6.07 Å². The smallest absolute Gasteiger partial charge is 0.408 e. The molecule has 0 amide bonds. The first-order valence-corrected chi connectivity index (χ1v) is 7.58. The highest BCUT2D eigenvalue weighted by atomic mass is 16.4. The molecule has 1 N–H and O–H groups in total. The molecule has 23 heavy (non-hydrogen) atoms. The van der Waals surface area contributed by atoms with Gasteiger partial charge in [0, 0.05) is 45.1 Å². The van der Waals surface area contributed by atoms with E-state index in [1.54, 1.807) is 7.05 Å². The Bertz CT molecular complexity index is 864. The Morgan fingerprint density at radius 3 is 2.83 bits per heavy atom. The second kappa shape index (κ2) is 6.16. The van der Waals surface area contributed by atoms with E-state index >= 15 is 0 Å². The third-order valence-electron chi connectivity index (χ3n) is 3.96. The Balaban J connectivity index is 1.71. The van der Waals surface area contributed by atoms with E-state index in [9.17, 15) is 4.79 Å². The Morgan fingerprint density at radius 2 is 2.13 bits per heavy atom. The molecule has 0 spiro atoms. The highest BCUT2D eigenvalue weighted by molar-refractivity contribution is 5.77. The number of hydrogen-bond acceptors (Lipinski definition) is 5. The molecule has 3 rings (SSSR count). The van der Waals surface area contributed by atoms with E-state index in [1.807, 2.05) is 37.5 Å². The predicted octanol–water partition coefficient (Wildman–Crippen LogP) is 2.59. The minimum Gasteiger partial charge on any atom is -0.408 e. The lowest BCUT2D eigenvalue weighted by Crippen LogP contribution is -2.17. The summed E-state index contributed by atoms with van der Waals surface area (Å²) < 4.78 is 6.69. The molecule has 0 unspecified atom stereocenters. The molecule has 0 aliphatic rings. The Hall–Kier alpha value is -2.76. The molecule has 0 aliphatic carbocycles. The number of oxazole rings is 1. The molecule has 120 valence electrons. The summed E-state index contributed by atoms with van der Waals surface area (Å²) in [6.07, 6.45) is 1.87. The zero-order valence-corrected chi connectivity index (χ0v) is 13.5. The first-order valence-electron chi connectivity index (χ1n) is 7.58. The highest BCUT2D eigenvalue weighted by Gasteiger charge is 2.06. The van der Waals surface area contributed by atoms with Gasteiger partial charge in [-0.15, -0.1) is 0 Å². The van der Waals surface area contributed by atoms with Crippen LogP contribution in [0, 0.1) is 0 Å². The summed E-state index contributed by atoms with van der Waals surface area (Å²) in [7, 11) is 3.71. The van der Waals surface area contributed by atoms with Gasteiger partial charge >= 0.3 is 5.76 Å². The van der Waals surface area contributed by atoms with Gasteiger partial charge in [0.05, 0.1) is 5.52 Å². The molecule has 0 radical (unpaired) electrons. The quantitative estimate of drug-likeness (QED) is 0.784. The zero-order valence-electron chi connectivity index (χ0n) is 13.5. The summed E-state index contributed by atoms with van der Waals surface area (Å²) in [5.74, 6) is 0.612. The number of aromatic nitrogens is 2. The number of hydrogen-bond donors (Lipinski definition) is 1. The van der Waals surface area contributed by atoms with Gasteiger partial charge < -0.3 is 14.6 Å². The summed E-state index contributed by atoms with van der Waals surface area (Å²) in [5.41, 5.74) is 3.36. The normalized spacial score (nSPS) is 10.9. The van der Waals surface area contributed by atoms with Gasteiger partial charge in [0.15, 0.2) is 5.58 Å². The van der Waals surface area contributed by atoms with E-state index in [1.165, 1.54) is 4.57 Å². The van der Waals surface area contributed by atoms with E-state index in [0.717, 1.165) is 29.1 Å². The summed E-state index contributed by atoms with van der Waals surface area (Å²) in [6.45, 7) is 3.67. The monoisotopic (exact) mass is 312 g/mol. The lowest BCUT2D eigenvalue weighted by molar-refractivity contribution is 0.528. The number of benzene rings is 1. The number of fused-ring (bicyclic) bond motifs is 1. The van der Waals surface area contributed by atoms with Crippen LogP contribution in [0.3, 0.4) is 0 Å². The SMILES string of the molecule is CCN(C)c1ccc(CNc2ccc3c(c2)oc(=O)n3C)cn1. The Morgan fingerprint density at radius 1 is 1.30 bits per heavy atom. The average Bonchev–Trinajstić information content (AvgIpc) is 2.86. The maximum absolute atomic E-state index is 11.5. The molecule has 1 aromatic carbocycles. The van der Waals surface area contributed by atoms with Crippen molar-refractivity contribution in [2.75, 3.05) is 23.8 Å². The minimum absolute atomic E-state index is 0.350. The molecule has 0 fully saturated rings. The third kappa shape index (κ3) is 3.06. The second-order valence-electron chi connectivity index (χ2n) is 5.50. The molecule has 2 heterocycles.